The molecule has 0 aromatic carbocycles. The molecular weight excluding hydrogens is 180 g/mol. The van der Waals surface area contributed by atoms with Crippen LogP contribution in [0.2, 0.25) is 0 Å². The highest BCUT2D eigenvalue weighted by Gasteiger charge is 2.00. The minimum absolute atomic E-state index is 0.00565. The Morgan fingerprint density at radius 1 is 1.57 bits per heavy atom. The Balaban J connectivity index is 2.72. The summed E-state index contributed by atoms with van der Waals surface area (Å²) in [6.07, 6.45) is 2.61. The Morgan fingerprint density at radius 3 is 3.00 bits per heavy atom. The smallest absolute Gasteiger partial charge is 0.255 e. The first-order valence-electron chi connectivity index (χ1n) is 4.67. The van der Waals surface area contributed by atoms with Crippen molar-refractivity contribution in [3.63, 3.8) is 0 Å². The van der Waals surface area contributed by atoms with Crippen LogP contribution in [0.4, 0.5) is 0 Å². The molecule has 0 aliphatic heterocycles. The number of nitrogens with two attached hydrogens (primary N) is 1. The van der Waals surface area contributed by atoms with Crippen molar-refractivity contribution in [2.75, 3.05) is 13.7 Å². The predicted molar refractivity (Wildman–Crippen MR) is 55.1 cm³/mol. The van der Waals surface area contributed by atoms with Crippen LogP contribution in [-0.2, 0) is 17.8 Å². The van der Waals surface area contributed by atoms with Crippen LogP contribution in [-0.4, -0.2) is 18.3 Å². The average Bonchev–Trinajstić information content (AvgIpc) is 2.21. The number of pyridine rings is 1. The minimum atomic E-state index is 0.00565. The third kappa shape index (κ3) is 2.68. The van der Waals surface area contributed by atoms with Gasteiger partial charge < -0.3 is 15.0 Å². The molecule has 0 radical (unpaired) electrons. The molecule has 1 aromatic rings. The van der Waals surface area contributed by atoms with E-state index in [4.69, 9.17) is 10.5 Å². The Labute approximate surface area is 83.3 Å². The first-order chi connectivity index (χ1) is 6.79. The molecular formula is C10H16N2O2. The lowest BCUT2D eigenvalue weighted by atomic mass is 10.3. The fourth-order valence-electron chi connectivity index (χ4n) is 1.30. The molecule has 4 nitrogen and oxygen atoms in total. The zero-order valence-electron chi connectivity index (χ0n) is 8.40. The molecule has 0 saturated heterocycles. The van der Waals surface area contributed by atoms with Crippen LogP contribution in [0.1, 0.15) is 12.0 Å². The molecule has 0 aliphatic carbocycles. The van der Waals surface area contributed by atoms with Crippen molar-refractivity contribution >= 4 is 0 Å². The summed E-state index contributed by atoms with van der Waals surface area (Å²) in [5, 5.41) is 0. The van der Waals surface area contributed by atoms with Crippen LogP contribution < -0.4 is 11.3 Å². The van der Waals surface area contributed by atoms with Crippen LogP contribution in [0.25, 0.3) is 0 Å². The van der Waals surface area contributed by atoms with E-state index in [1.165, 1.54) is 0 Å². The van der Waals surface area contributed by atoms with Gasteiger partial charge in [-0.3, -0.25) is 4.79 Å². The summed E-state index contributed by atoms with van der Waals surface area (Å²) in [5.41, 5.74) is 6.10. The van der Waals surface area contributed by atoms with E-state index < -0.39 is 0 Å². The maximum absolute atomic E-state index is 11.6. The van der Waals surface area contributed by atoms with E-state index in [1.54, 1.807) is 23.9 Å². The molecule has 0 unspecified atom stereocenters. The average molecular weight is 196 g/mol. The number of ether oxygens (including phenoxy) is 1. The summed E-state index contributed by atoms with van der Waals surface area (Å²) in [6.45, 7) is 1.64. The highest BCUT2D eigenvalue weighted by Crippen LogP contribution is 1.92. The number of nitrogens with zero attached hydrogens (tertiary/aromatic N) is 1. The van der Waals surface area contributed by atoms with Crippen molar-refractivity contribution in [2.45, 2.75) is 19.5 Å². The van der Waals surface area contributed by atoms with Crippen molar-refractivity contribution in [1.29, 1.82) is 0 Å². The van der Waals surface area contributed by atoms with Crippen LogP contribution >= 0.6 is 0 Å². The second-order valence-electron chi connectivity index (χ2n) is 3.08. The fraction of sp³-hybridized carbons (Fsp3) is 0.500. The second-order valence-corrected chi connectivity index (χ2v) is 3.08. The highest BCUT2D eigenvalue weighted by molar-refractivity contribution is 5.09. The molecule has 0 amide bonds. The minimum Gasteiger partial charge on any atom is -0.385 e. The summed E-state index contributed by atoms with van der Waals surface area (Å²) in [4.78, 5) is 11.6. The van der Waals surface area contributed by atoms with Gasteiger partial charge in [-0.1, -0.05) is 6.07 Å². The van der Waals surface area contributed by atoms with Gasteiger partial charge in [0.2, 0.25) is 0 Å². The van der Waals surface area contributed by atoms with Crippen molar-refractivity contribution < 1.29 is 4.74 Å². The van der Waals surface area contributed by atoms with Crippen LogP contribution in [0.5, 0.6) is 0 Å². The number of aryl methyl sites for hydroxylation is 1. The molecule has 1 rings (SSSR count). The number of methoxy groups -OCH3 is 1. The first-order valence-corrected chi connectivity index (χ1v) is 4.67. The standard InChI is InChI=1S/C10H16N2O2/c1-14-7-3-6-12-5-2-4-9(8-11)10(12)13/h2,4-5H,3,6-8,11H2,1H3. The SMILES string of the molecule is COCCCn1cccc(CN)c1=O. The Bertz CT molecular complexity index is 333. The number of aromatic nitrogens is 1. The van der Waals surface area contributed by atoms with E-state index >= 15 is 0 Å². The van der Waals surface area contributed by atoms with E-state index in [0.717, 1.165) is 6.42 Å². The molecule has 0 atom stereocenters. The van der Waals surface area contributed by atoms with Crippen LogP contribution in [0.15, 0.2) is 23.1 Å². The van der Waals surface area contributed by atoms with Gasteiger partial charge >= 0.3 is 0 Å². The number of hydrogen-bond donors (Lipinski definition) is 1. The van der Waals surface area contributed by atoms with E-state index in [1.807, 2.05) is 6.07 Å². The van der Waals surface area contributed by atoms with Gasteiger partial charge in [0.05, 0.1) is 0 Å². The maximum Gasteiger partial charge on any atom is 0.255 e. The van der Waals surface area contributed by atoms with E-state index in [9.17, 15) is 4.79 Å². The fourth-order valence-corrected chi connectivity index (χ4v) is 1.30. The lowest BCUT2D eigenvalue weighted by Crippen LogP contribution is -2.24. The lowest BCUT2D eigenvalue weighted by molar-refractivity contribution is 0.190. The van der Waals surface area contributed by atoms with Crippen LogP contribution in [0.3, 0.4) is 0 Å². The van der Waals surface area contributed by atoms with Gasteiger partial charge in [0, 0.05) is 38.6 Å². The molecule has 0 aliphatic rings. The van der Waals surface area contributed by atoms with Gasteiger partial charge in [0.15, 0.2) is 0 Å². The summed E-state index contributed by atoms with van der Waals surface area (Å²) in [7, 11) is 1.65. The third-order valence-electron chi connectivity index (χ3n) is 2.07. The molecule has 78 valence electrons. The molecule has 0 spiro atoms. The van der Waals surface area contributed by atoms with Gasteiger partial charge in [-0.05, 0) is 12.5 Å². The molecule has 0 fully saturated rings. The predicted octanol–water partition coefficient (Wildman–Crippen LogP) is 0.344. The Morgan fingerprint density at radius 2 is 2.36 bits per heavy atom. The summed E-state index contributed by atoms with van der Waals surface area (Å²) >= 11 is 0. The van der Waals surface area contributed by atoms with Crippen molar-refractivity contribution in [1.82, 2.24) is 4.57 Å². The van der Waals surface area contributed by atoms with Crippen molar-refractivity contribution in [3.8, 4) is 0 Å². The normalized spacial score (nSPS) is 10.4. The van der Waals surface area contributed by atoms with Gasteiger partial charge in [-0.15, -0.1) is 0 Å². The summed E-state index contributed by atoms with van der Waals surface area (Å²) in [6, 6.07) is 3.60. The van der Waals surface area contributed by atoms with E-state index in [0.29, 0.717) is 25.3 Å². The zero-order chi connectivity index (χ0) is 10.4. The molecule has 2 N–H and O–H groups in total. The monoisotopic (exact) mass is 196 g/mol. The maximum atomic E-state index is 11.6. The van der Waals surface area contributed by atoms with Gasteiger partial charge in [-0.25, -0.2) is 0 Å². The molecule has 4 heteroatoms. The number of rotatable bonds is 5. The molecule has 14 heavy (non-hydrogen) atoms. The highest BCUT2D eigenvalue weighted by atomic mass is 16.5. The van der Waals surface area contributed by atoms with Crippen molar-refractivity contribution in [3.05, 3.63) is 34.2 Å². The zero-order valence-corrected chi connectivity index (χ0v) is 8.40. The summed E-state index contributed by atoms with van der Waals surface area (Å²) < 4.78 is 6.59. The molecule has 0 bridgehead atoms. The Kier molecular flexibility index (Phi) is 4.35. The summed E-state index contributed by atoms with van der Waals surface area (Å²) in [5.74, 6) is 0. The quantitative estimate of drug-likeness (QED) is 0.691. The van der Waals surface area contributed by atoms with E-state index in [2.05, 4.69) is 0 Å². The van der Waals surface area contributed by atoms with Gasteiger partial charge in [0.25, 0.3) is 5.56 Å². The first kappa shape index (κ1) is 10.9. The van der Waals surface area contributed by atoms with Crippen LogP contribution in [0, 0.1) is 0 Å². The number of hydrogen-bond acceptors (Lipinski definition) is 3. The topological polar surface area (TPSA) is 57.2 Å². The van der Waals surface area contributed by atoms with Crippen molar-refractivity contribution in [2.24, 2.45) is 5.73 Å². The van der Waals surface area contributed by atoms with Gasteiger partial charge in [-0.2, -0.15) is 0 Å². The Hall–Kier alpha value is -1.13. The lowest BCUT2D eigenvalue weighted by Gasteiger charge is -2.06. The molecule has 1 heterocycles. The third-order valence-corrected chi connectivity index (χ3v) is 2.07. The molecule has 1 aromatic heterocycles. The second kappa shape index (κ2) is 5.57. The van der Waals surface area contributed by atoms with E-state index in [-0.39, 0.29) is 5.56 Å². The van der Waals surface area contributed by atoms with Gasteiger partial charge in [0.1, 0.15) is 0 Å². The molecule has 0 saturated carbocycles. The largest absolute Gasteiger partial charge is 0.385 e.